The van der Waals surface area contributed by atoms with E-state index in [2.05, 4.69) is 4.98 Å². The third-order valence-corrected chi connectivity index (χ3v) is 2.12. The van der Waals surface area contributed by atoms with Crippen LogP contribution in [0.2, 0.25) is 0 Å². The SMILES string of the molecule is O=C(O)Cc1c(C(F)F)ccnc1CCl. The van der Waals surface area contributed by atoms with Gasteiger partial charge in [-0.3, -0.25) is 9.78 Å². The van der Waals surface area contributed by atoms with Gasteiger partial charge in [-0.25, -0.2) is 8.78 Å². The zero-order chi connectivity index (χ0) is 11.4. The summed E-state index contributed by atoms with van der Waals surface area (Å²) in [5.41, 5.74) is -0.116. The lowest BCUT2D eigenvalue weighted by molar-refractivity contribution is -0.136. The molecule has 0 aliphatic heterocycles. The second kappa shape index (κ2) is 5.02. The van der Waals surface area contributed by atoms with Gasteiger partial charge in [0.25, 0.3) is 6.43 Å². The molecule has 0 radical (unpaired) electrons. The molecule has 0 aromatic carbocycles. The predicted octanol–water partition coefficient (Wildman–Crippen LogP) is 2.39. The fourth-order valence-corrected chi connectivity index (χ4v) is 1.46. The van der Waals surface area contributed by atoms with Crippen molar-refractivity contribution in [3.8, 4) is 0 Å². The first-order valence-corrected chi connectivity index (χ1v) is 4.62. The molecule has 1 N–H and O–H groups in total. The molecule has 0 aliphatic carbocycles. The first-order chi connectivity index (χ1) is 7.06. The molecule has 82 valence electrons. The summed E-state index contributed by atoms with van der Waals surface area (Å²) in [6, 6.07) is 1.11. The minimum atomic E-state index is -2.72. The first-order valence-electron chi connectivity index (χ1n) is 4.08. The zero-order valence-corrected chi connectivity index (χ0v) is 8.34. The summed E-state index contributed by atoms with van der Waals surface area (Å²) in [7, 11) is 0. The molecule has 0 unspecified atom stereocenters. The van der Waals surface area contributed by atoms with Gasteiger partial charge in [-0.05, 0) is 11.6 Å². The molecule has 1 heterocycles. The fraction of sp³-hybridized carbons (Fsp3) is 0.333. The third kappa shape index (κ3) is 2.86. The molecule has 0 aliphatic rings. The summed E-state index contributed by atoms with van der Waals surface area (Å²) >= 11 is 5.49. The molecule has 3 nitrogen and oxygen atoms in total. The average Bonchev–Trinajstić information content (AvgIpc) is 2.16. The van der Waals surface area contributed by atoms with Gasteiger partial charge in [0, 0.05) is 11.8 Å². The van der Waals surface area contributed by atoms with Gasteiger partial charge < -0.3 is 5.11 Å². The van der Waals surface area contributed by atoms with Gasteiger partial charge in [0.05, 0.1) is 18.0 Å². The van der Waals surface area contributed by atoms with Gasteiger partial charge in [-0.2, -0.15) is 0 Å². The van der Waals surface area contributed by atoms with E-state index in [1.165, 1.54) is 6.20 Å². The minimum absolute atomic E-state index is 0.00926. The Morgan fingerprint density at radius 2 is 2.27 bits per heavy atom. The van der Waals surface area contributed by atoms with Crippen molar-refractivity contribution in [2.45, 2.75) is 18.7 Å². The molecule has 1 aromatic rings. The van der Waals surface area contributed by atoms with Crippen LogP contribution in [0.25, 0.3) is 0 Å². The summed E-state index contributed by atoms with van der Waals surface area (Å²) in [6.45, 7) is 0. The molecule has 6 heteroatoms. The lowest BCUT2D eigenvalue weighted by Gasteiger charge is -2.09. The predicted molar refractivity (Wildman–Crippen MR) is 50.1 cm³/mol. The van der Waals surface area contributed by atoms with E-state index in [-0.39, 0.29) is 22.7 Å². The number of carboxylic acids is 1. The van der Waals surface area contributed by atoms with Crippen LogP contribution in [-0.4, -0.2) is 16.1 Å². The molecular formula is C9H8ClF2NO2. The fourth-order valence-electron chi connectivity index (χ4n) is 1.23. The van der Waals surface area contributed by atoms with Crippen LogP contribution in [0.3, 0.4) is 0 Å². The normalized spacial score (nSPS) is 10.7. The summed E-state index contributed by atoms with van der Waals surface area (Å²) in [6.07, 6.45) is -2.01. The van der Waals surface area contributed by atoms with Gasteiger partial charge in [-0.1, -0.05) is 0 Å². The van der Waals surface area contributed by atoms with Crippen molar-refractivity contribution < 1.29 is 18.7 Å². The number of alkyl halides is 3. The number of hydrogen-bond acceptors (Lipinski definition) is 2. The number of aliphatic carboxylic acids is 1. The second-order valence-corrected chi connectivity index (χ2v) is 3.10. The van der Waals surface area contributed by atoms with Crippen LogP contribution in [0, 0.1) is 0 Å². The monoisotopic (exact) mass is 235 g/mol. The highest BCUT2D eigenvalue weighted by atomic mass is 35.5. The van der Waals surface area contributed by atoms with E-state index in [4.69, 9.17) is 16.7 Å². The number of aromatic nitrogens is 1. The Balaban J connectivity index is 3.20. The maximum absolute atomic E-state index is 12.5. The lowest BCUT2D eigenvalue weighted by atomic mass is 10.0. The van der Waals surface area contributed by atoms with Crippen LogP contribution in [0.4, 0.5) is 8.78 Å². The molecule has 0 spiro atoms. The van der Waals surface area contributed by atoms with Crippen LogP contribution in [0.5, 0.6) is 0 Å². The number of carboxylic acid groups (broad SMARTS) is 1. The van der Waals surface area contributed by atoms with E-state index >= 15 is 0 Å². The maximum Gasteiger partial charge on any atom is 0.307 e. The van der Waals surface area contributed by atoms with Gasteiger partial charge >= 0.3 is 5.97 Å². The van der Waals surface area contributed by atoms with Crippen molar-refractivity contribution in [1.82, 2.24) is 4.98 Å². The summed E-state index contributed by atoms with van der Waals surface area (Å²) in [5.74, 6) is -1.26. The highest BCUT2D eigenvalue weighted by molar-refractivity contribution is 6.17. The van der Waals surface area contributed by atoms with Crippen molar-refractivity contribution in [3.63, 3.8) is 0 Å². The zero-order valence-electron chi connectivity index (χ0n) is 7.58. The highest BCUT2D eigenvalue weighted by Gasteiger charge is 2.18. The molecular weight excluding hydrogens is 228 g/mol. The van der Waals surface area contributed by atoms with Gasteiger partial charge in [0.2, 0.25) is 0 Å². The van der Waals surface area contributed by atoms with E-state index in [1.54, 1.807) is 0 Å². The topological polar surface area (TPSA) is 50.2 Å². The molecule has 0 fully saturated rings. The molecule has 15 heavy (non-hydrogen) atoms. The van der Waals surface area contributed by atoms with Crippen molar-refractivity contribution in [3.05, 3.63) is 29.1 Å². The number of carbonyl (C=O) groups is 1. The highest BCUT2D eigenvalue weighted by Crippen LogP contribution is 2.25. The Kier molecular flexibility index (Phi) is 3.96. The number of nitrogens with zero attached hydrogens (tertiary/aromatic N) is 1. The van der Waals surface area contributed by atoms with Gasteiger partial charge in [0.1, 0.15) is 0 Å². The Labute approximate surface area is 89.7 Å². The lowest BCUT2D eigenvalue weighted by Crippen LogP contribution is -2.08. The largest absolute Gasteiger partial charge is 0.481 e. The number of rotatable bonds is 4. The van der Waals surface area contributed by atoms with Crippen LogP contribution in [0.1, 0.15) is 23.2 Å². The van der Waals surface area contributed by atoms with Crippen LogP contribution >= 0.6 is 11.6 Å². The Bertz CT molecular complexity index is 371. The molecule has 0 saturated carbocycles. The van der Waals surface area contributed by atoms with Crippen LogP contribution in [-0.2, 0) is 17.1 Å². The molecule has 0 amide bonds. The third-order valence-electron chi connectivity index (χ3n) is 1.87. The Morgan fingerprint density at radius 1 is 1.60 bits per heavy atom. The number of pyridine rings is 1. The van der Waals surface area contributed by atoms with Crippen molar-refractivity contribution in [2.75, 3.05) is 0 Å². The maximum atomic E-state index is 12.5. The second-order valence-electron chi connectivity index (χ2n) is 2.83. The number of halogens is 3. The summed E-state index contributed by atoms with van der Waals surface area (Å²) in [4.78, 5) is 14.3. The van der Waals surface area contributed by atoms with E-state index in [9.17, 15) is 13.6 Å². The quantitative estimate of drug-likeness (QED) is 0.816. The minimum Gasteiger partial charge on any atom is -0.481 e. The van der Waals surface area contributed by atoms with E-state index in [0.717, 1.165) is 6.07 Å². The van der Waals surface area contributed by atoms with E-state index < -0.39 is 18.8 Å². The first kappa shape index (κ1) is 11.8. The molecule has 0 bridgehead atoms. The van der Waals surface area contributed by atoms with Crippen molar-refractivity contribution >= 4 is 17.6 Å². The Hall–Kier alpha value is -1.23. The summed E-state index contributed by atoms with van der Waals surface area (Å²) in [5, 5.41) is 8.58. The van der Waals surface area contributed by atoms with Crippen molar-refractivity contribution in [2.24, 2.45) is 0 Å². The van der Waals surface area contributed by atoms with Crippen molar-refractivity contribution in [1.29, 1.82) is 0 Å². The molecule has 0 saturated heterocycles. The number of hydrogen-bond donors (Lipinski definition) is 1. The molecule has 0 atom stereocenters. The smallest absolute Gasteiger partial charge is 0.307 e. The Morgan fingerprint density at radius 3 is 2.73 bits per heavy atom. The van der Waals surface area contributed by atoms with Gasteiger partial charge in [0.15, 0.2) is 0 Å². The van der Waals surface area contributed by atoms with Gasteiger partial charge in [-0.15, -0.1) is 11.6 Å². The van der Waals surface area contributed by atoms with E-state index in [1.807, 2.05) is 0 Å². The molecule has 1 aromatic heterocycles. The molecule has 1 rings (SSSR count). The van der Waals surface area contributed by atoms with E-state index in [0.29, 0.717) is 0 Å². The summed E-state index contributed by atoms with van der Waals surface area (Å²) < 4.78 is 25.1. The van der Waals surface area contributed by atoms with Crippen LogP contribution in [0.15, 0.2) is 12.3 Å². The average molecular weight is 236 g/mol. The van der Waals surface area contributed by atoms with Crippen LogP contribution < -0.4 is 0 Å². The standard InChI is InChI=1S/C9H8ClF2NO2/c10-4-7-6(3-8(14)15)5(9(11)12)1-2-13-7/h1-2,9H,3-4H2,(H,14,15).